The van der Waals surface area contributed by atoms with Gasteiger partial charge in [0.25, 0.3) is 0 Å². The third-order valence-corrected chi connectivity index (χ3v) is 3.92. The molecular formula is C21H22N4O2. The summed E-state index contributed by atoms with van der Waals surface area (Å²) in [6.07, 6.45) is 0. The molecule has 0 spiro atoms. The second-order valence-corrected chi connectivity index (χ2v) is 6.42. The van der Waals surface area contributed by atoms with Crippen LogP contribution in [0.2, 0.25) is 0 Å². The predicted octanol–water partition coefficient (Wildman–Crippen LogP) is 5.15. The monoisotopic (exact) mass is 362 g/mol. The number of aromatic nitrogens is 2. The minimum Gasteiger partial charge on any atom is -0.424 e. The first-order valence-electron chi connectivity index (χ1n) is 8.65. The largest absolute Gasteiger partial charge is 0.424 e. The molecule has 0 saturated heterocycles. The molecule has 2 amide bonds. The highest BCUT2D eigenvalue weighted by Gasteiger charge is 2.13. The van der Waals surface area contributed by atoms with E-state index in [1.807, 2.05) is 56.3 Å². The lowest BCUT2D eigenvalue weighted by molar-refractivity contribution is 0.262. The van der Waals surface area contributed by atoms with Crippen molar-refractivity contribution in [2.24, 2.45) is 0 Å². The number of rotatable bonds is 4. The number of hydrogen-bond acceptors (Lipinski definition) is 4. The molecule has 3 rings (SSSR count). The lowest BCUT2D eigenvalue weighted by Gasteiger charge is -2.13. The van der Waals surface area contributed by atoms with E-state index < -0.39 is 0 Å². The third-order valence-electron chi connectivity index (χ3n) is 3.92. The molecule has 0 fully saturated rings. The Morgan fingerprint density at radius 3 is 2.04 bits per heavy atom. The van der Waals surface area contributed by atoms with Gasteiger partial charge in [-0.1, -0.05) is 24.3 Å². The summed E-state index contributed by atoms with van der Waals surface area (Å²) in [6.45, 7) is 7.59. The molecule has 1 heterocycles. The molecule has 2 aromatic carbocycles. The highest BCUT2D eigenvalue weighted by Crippen LogP contribution is 2.23. The van der Waals surface area contributed by atoms with E-state index in [1.54, 1.807) is 13.8 Å². The number of anilines is 2. The van der Waals surface area contributed by atoms with Crippen LogP contribution >= 0.6 is 0 Å². The van der Waals surface area contributed by atoms with Crippen LogP contribution in [0, 0.1) is 27.7 Å². The van der Waals surface area contributed by atoms with E-state index in [2.05, 4.69) is 26.7 Å². The molecule has 27 heavy (non-hydrogen) atoms. The van der Waals surface area contributed by atoms with Crippen LogP contribution in [0.4, 0.5) is 16.2 Å². The summed E-state index contributed by atoms with van der Waals surface area (Å²) in [5.74, 6) is 0.657. The van der Waals surface area contributed by atoms with Crippen molar-refractivity contribution in [3.05, 3.63) is 71.0 Å². The Kier molecular flexibility index (Phi) is 5.35. The summed E-state index contributed by atoms with van der Waals surface area (Å²) >= 11 is 0. The van der Waals surface area contributed by atoms with Gasteiger partial charge in [0, 0.05) is 5.69 Å². The van der Waals surface area contributed by atoms with Crippen LogP contribution in [-0.4, -0.2) is 16.0 Å². The molecular weight excluding hydrogens is 340 g/mol. The minimum absolute atomic E-state index is 0.247. The molecule has 0 saturated carbocycles. The number of amides is 2. The van der Waals surface area contributed by atoms with Crippen LogP contribution in [-0.2, 0) is 0 Å². The molecule has 0 aliphatic rings. The standard InChI is InChI=1S/C21H22N4O2/c1-13-10-14(2)12-17(11-13)24-20(26)25-19-15(3)22-21(23-16(19)4)27-18-8-6-5-7-9-18/h5-12H,1-4H3,(H2,24,25,26). The quantitative estimate of drug-likeness (QED) is 0.673. The van der Waals surface area contributed by atoms with Crippen molar-refractivity contribution in [1.29, 1.82) is 0 Å². The van der Waals surface area contributed by atoms with Crippen LogP contribution in [0.1, 0.15) is 22.5 Å². The maximum Gasteiger partial charge on any atom is 0.323 e. The summed E-state index contributed by atoms with van der Waals surface area (Å²) in [5.41, 5.74) is 4.74. The second-order valence-electron chi connectivity index (χ2n) is 6.42. The molecule has 0 bridgehead atoms. The van der Waals surface area contributed by atoms with Crippen molar-refractivity contribution < 1.29 is 9.53 Å². The predicted molar refractivity (Wildman–Crippen MR) is 107 cm³/mol. The first-order chi connectivity index (χ1) is 12.9. The maximum atomic E-state index is 12.4. The van der Waals surface area contributed by atoms with Crippen molar-refractivity contribution in [1.82, 2.24) is 9.97 Å². The fourth-order valence-electron chi connectivity index (χ4n) is 2.83. The number of carbonyl (C=O) groups excluding carboxylic acids is 1. The van der Waals surface area contributed by atoms with Gasteiger partial charge in [-0.25, -0.2) is 4.79 Å². The molecule has 0 radical (unpaired) electrons. The molecule has 1 aromatic heterocycles. The lowest BCUT2D eigenvalue weighted by atomic mass is 10.1. The van der Waals surface area contributed by atoms with Gasteiger partial charge in [0.2, 0.25) is 0 Å². The summed E-state index contributed by atoms with van der Waals surface area (Å²) in [6, 6.07) is 15.1. The Bertz CT molecular complexity index is 928. The van der Waals surface area contributed by atoms with E-state index in [9.17, 15) is 4.79 Å². The Labute approximate surface area is 158 Å². The van der Waals surface area contributed by atoms with E-state index in [-0.39, 0.29) is 12.0 Å². The van der Waals surface area contributed by atoms with Crippen molar-refractivity contribution in [3.8, 4) is 11.8 Å². The SMILES string of the molecule is Cc1cc(C)cc(NC(=O)Nc2c(C)nc(Oc3ccccc3)nc2C)c1. The second kappa shape index (κ2) is 7.86. The number of ether oxygens (including phenoxy) is 1. The topological polar surface area (TPSA) is 76.1 Å². The maximum absolute atomic E-state index is 12.4. The number of benzene rings is 2. The van der Waals surface area contributed by atoms with Crippen molar-refractivity contribution in [2.75, 3.05) is 10.6 Å². The van der Waals surface area contributed by atoms with Gasteiger partial charge in [0.05, 0.1) is 17.1 Å². The number of carbonyl (C=O) groups is 1. The van der Waals surface area contributed by atoms with Gasteiger partial charge < -0.3 is 15.4 Å². The Morgan fingerprint density at radius 1 is 0.852 bits per heavy atom. The van der Waals surface area contributed by atoms with Gasteiger partial charge in [-0.15, -0.1) is 0 Å². The Morgan fingerprint density at radius 2 is 1.44 bits per heavy atom. The third kappa shape index (κ3) is 4.82. The number of para-hydroxylation sites is 1. The van der Waals surface area contributed by atoms with Gasteiger partial charge >= 0.3 is 12.0 Å². The highest BCUT2D eigenvalue weighted by molar-refractivity contribution is 6.00. The molecule has 0 unspecified atom stereocenters. The number of urea groups is 1. The summed E-state index contributed by atoms with van der Waals surface area (Å²) in [5, 5.41) is 5.67. The first-order valence-corrected chi connectivity index (χ1v) is 8.65. The fourth-order valence-corrected chi connectivity index (χ4v) is 2.83. The molecule has 0 aliphatic carbocycles. The Hall–Kier alpha value is -3.41. The molecule has 0 aliphatic heterocycles. The molecule has 138 valence electrons. The average Bonchev–Trinajstić information content (AvgIpc) is 2.58. The summed E-state index contributed by atoms with van der Waals surface area (Å²) in [4.78, 5) is 21.1. The van der Waals surface area contributed by atoms with E-state index in [4.69, 9.17) is 4.74 Å². The number of aryl methyl sites for hydroxylation is 4. The average molecular weight is 362 g/mol. The minimum atomic E-state index is -0.341. The van der Waals surface area contributed by atoms with Gasteiger partial charge in [-0.3, -0.25) is 0 Å². The van der Waals surface area contributed by atoms with Crippen LogP contribution in [0.25, 0.3) is 0 Å². The van der Waals surface area contributed by atoms with Gasteiger partial charge in [0.15, 0.2) is 0 Å². The lowest BCUT2D eigenvalue weighted by Crippen LogP contribution is -2.21. The van der Waals surface area contributed by atoms with Crippen LogP contribution in [0.15, 0.2) is 48.5 Å². The number of hydrogen-bond donors (Lipinski definition) is 2. The van der Waals surface area contributed by atoms with E-state index in [0.717, 1.165) is 16.8 Å². The zero-order valence-electron chi connectivity index (χ0n) is 15.8. The Balaban J connectivity index is 1.73. The van der Waals surface area contributed by atoms with Crippen molar-refractivity contribution in [3.63, 3.8) is 0 Å². The van der Waals surface area contributed by atoms with Crippen LogP contribution in [0.5, 0.6) is 11.8 Å². The van der Waals surface area contributed by atoms with Crippen molar-refractivity contribution >= 4 is 17.4 Å². The normalized spacial score (nSPS) is 10.4. The highest BCUT2D eigenvalue weighted by atomic mass is 16.5. The fraction of sp³-hybridized carbons (Fsp3) is 0.190. The molecule has 6 nitrogen and oxygen atoms in total. The molecule has 6 heteroatoms. The van der Waals surface area contributed by atoms with E-state index >= 15 is 0 Å². The van der Waals surface area contributed by atoms with Gasteiger partial charge in [-0.2, -0.15) is 9.97 Å². The van der Waals surface area contributed by atoms with E-state index in [0.29, 0.717) is 22.8 Å². The molecule has 2 N–H and O–H groups in total. The zero-order valence-corrected chi connectivity index (χ0v) is 15.8. The number of nitrogens with one attached hydrogen (secondary N) is 2. The smallest absolute Gasteiger partial charge is 0.323 e. The summed E-state index contributed by atoms with van der Waals surface area (Å²) < 4.78 is 5.67. The summed E-state index contributed by atoms with van der Waals surface area (Å²) in [7, 11) is 0. The zero-order chi connectivity index (χ0) is 19.4. The van der Waals surface area contributed by atoms with Crippen LogP contribution < -0.4 is 15.4 Å². The van der Waals surface area contributed by atoms with Crippen LogP contribution in [0.3, 0.4) is 0 Å². The van der Waals surface area contributed by atoms with Crippen molar-refractivity contribution in [2.45, 2.75) is 27.7 Å². The number of nitrogens with zero attached hydrogens (tertiary/aromatic N) is 2. The molecule has 3 aromatic rings. The van der Waals surface area contributed by atoms with Gasteiger partial charge in [0.1, 0.15) is 5.75 Å². The molecule has 0 atom stereocenters. The van der Waals surface area contributed by atoms with Gasteiger partial charge in [-0.05, 0) is 63.1 Å². The first kappa shape index (κ1) is 18.4. The van der Waals surface area contributed by atoms with E-state index in [1.165, 1.54) is 0 Å².